The first-order valence-corrected chi connectivity index (χ1v) is 8.82. The van der Waals surface area contributed by atoms with Crippen LogP contribution in [0.2, 0.25) is 0 Å². The van der Waals surface area contributed by atoms with Gasteiger partial charge in [0.15, 0.2) is 23.0 Å². The molecule has 1 aliphatic rings. The van der Waals surface area contributed by atoms with Gasteiger partial charge in [0.1, 0.15) is 24.4 Å². The third-order valence-electron chi connectivity index (χ3n) is 4.60. The molecular weight excluding hydrogens is 384 g/mol. The highest BCUT2D eigenvalue weighted by Crippen LogP contribution is 2.38. The second kappa shape index (κ2) is 8.68. The smallest absolute Gasteiger partial charge is 0.229 e. The third kappa shape index (κ3) is 4.14. The Morgan fingerprint density at radius 1 is 0.862 bits per heavy atom. The van der Waals surface area contributed by atoms with E-state index in [1.54, 1.807) is 30.3 Å². The first-order chi connectivity index (χ1) is 13.8. The first-order valence-electron chi connectivity index (χ1n) is 8.82. The number of para-hydroxylation sites is 1. The number of aliphatic hydroxyl groups is 6. The average Bonchev–Trinajstić information content (AvgIpc) is 2.74. The Balaban J connectivity index is 1.97. The van der Waals surface area contributed by atoms with E-state index in [0.717, 1.165) is 0 Å². The normalized spacial score (nSPS) is 27.9. The molecule has 29 heavy (non-hydrogen) atoms. The lowest BCUT2D eigenvalue weighted by atomic mass is 9.99. The molecule has 5 atom stereocenters. The molecule has 1 saturated heterocycles. The maximum absolute atomic E-state index is 10.5. The molecule has 2 aromatic rings. The molecule has 0 bridgehead atoms. The molecule has 0 amide bonds. The standard InChI is InChI=1S/C20H22O9/c21-9-13-16(25)17(26)18(27)20(28-13)29-19-11(7-4-8-12(19)22)15(24)14(23)10-5-2-1-3-6-10/h1-8,13,16-18,20-27H,9H2/t13-,16-,17+,18-,20+/m1/s1. The highest BCUT2D eigenvalue weighted by molar-refractivity contribution is 5.85. The summed E-state index contributed by atoms with van der Waals surface area (Å²) in [6.45, 7) is -0.654. The Morgan fingerprint density at radius 3 is 2.21 bits per heavy atom. The van der Waals surface area contributed by atoms with Crippen LogP contribution in [0.25, 0.3) is 11.5 Å². The van der Waals surface area contributed by atoms with Gasteiger partial charge in [0.2, 0.25) is 6.29 Å². The van der Waals surface area contributed by atoms with Crippen LogP contribution in [0.4, 0.5) is 0 Å². The van der Waals surface area contributed by atoms with Crippen molar-refractivity contribution >= 4 is 11.5 Å². The van der Waals surface area contributed by atoms with Crippen molar-refractivity contribution in [1.29, 1.82) is 0 Å². The third-order valence-corrected chi connectivity index (χ3v) is 4.60. The Morgan fingerprint density at radius 2 is 1.55 bits per heavy atom. The Bertz CT molecular complexity index is 866. The van der Waals surface area contributed by atoms with Gasteiger partial charge in [-0.25, -0.2) is 0 Å². The molecule has 0 unspecified atom stereocenters. The van der Waals surface area contributed by atoms with Gasteiger partial charge in [-0.3, -0.25) is 0 Å². The lowest BCUT2D eigenvalue weighted by Crippen LogP contribution is -2.60. The van der Waals surface area contributed by atoms with Gasteiger partial charge in [-0.15, -0.1) is 0 Å². The number of aromatic hydroxyl groups is 1. The van der Waals surface area contributed by atoms with Gasteiger partial charge >= 0.3 is 0 Å². The van der Waals surface area contributed by atoms with Crippen LogP contribution in [-0.2, 0) is 4.74 Å². The van der Waals surface area contributed by atoms with Gasteiger partial charge in [-0.1, -0.05) is 36.4 Å². The molecule has 2 aromatic carbocycles. The molecule has 9 nitrogen and oxygen atoms in total. The molecule has 1 fully saturated rings. The van der Waals surface area contributed by atoms with Gasteiger partial charge in [-0.2, -0.15) is 0 Å². The minimum absolute atomic E-state index is 0.108. The zero-order valence-corrected chi connectivity index (χ0v) is 15.2. The summed E-state index contributed by atoms with van der Waals surface area (Å²) in [5, 5.41) is 70.3. The minimum Gasteiger partial charge on any atom is -0.504 e. The monoisotopic (exact) mass is 406 g/mol. The molecule has 0 spiro atoms. The molecule has 156 valence electrons. The van der Waals surface area contributed by atoms with E-state index in [-0.39, 0.29) is 11.3 Å². The first kappa shape index (κ1) is 20.9. The van der Waals surface area contributed by atoms with Crippen LogP contribution in [0.15, 0.2) is 48.5 Å². The largest absolute Gasteiger partial charge is 0.504 e. The molecule has 7 N–H and O–H groups in total. The van der Waals surface area contributed by atoms with E-state index in [4.69, 9.17) is 9.47 Å². The molecule has 3 rings (SSSR count). The fourth-order valence-corrected chi connectivity index (χ4v) is 2.98. The maximum atomic E-state index is 10.5. The number of aliphatic hydroxyl groups excluding tert-OH is 6. The Hall–Kier alpha value is -2.82. The van der Waals surface area contributed by atoms with Crippen LogP contribution >= 0.6 is 0 Å². The highest BCUT2D eigenvalue weighted by atomic mass is 16.7. The van der Waals surface area contributed by atoms with Crippen LogP contribution in [0, 0.1) is 0 Å². The molecule has 1 heterocycles. The van der Waals surface area contributed by atoms with Crippen molar-refractivity contribution in [3.8, 4) is 11.5 Å². The summed E-state index contributed by atoms with van der Waals surface area (Å²) in [7, 11) is 0. The molecule has 0 aliphatic carbocycles. The van der Waals surface area contributed by atoms with Crippen molar-refractivity contribution in [3.63, 3.8) is 0 Å². The highest BCUT2D eigenvalue weighted by Gasteiger charge is 2.45. The van der Waals surface area contributed by atoms with E-state index in [1.165, 1.54) is 18.2 Å². The van der Waals surface area contributed by atoms with Crippen molar-refractivity contribution in [3.05, 3.63) is 59.7 Å². The van der Waals surface area contributed by atoms with Gasteiger partial charge in [0.25, 0.3) is 0 Å². The number of hydrogen-bond acceptors (Lipinski definition) is 9. The van der Waals surface area contributed by atoms with Gasteiger partial charge < -0.3 is 45.2 Å². The fourth-order valence-electron chi connectivity index (χ4n) is 2.98. The summed E-state index contributed by atoms with van der Waals surface area (Å²) < 4.78 is 10.7. The summed E-state index contributed by atoms with van der Waals surface area (Å²) in [4.78, 5) is 0. The SMILES string of the molecule is OC[C@H]1O[C@@H](Oc2c(O)cccc2C(O)=C(O)c2ccccc2)[C@H](O)[C@@H](O)[C@@H]1O. The summed E-state index contributed by atoms with van der Waals surface area (Å²) in [5.41, 5.74) is 0.204. The van der Waals surface area contributed by atoms with Crippen LogP contribution in [0.3, 0.4) is 0 Å². The molecular formula is C20H22O9. The maximum Gasteiger partial charge on any atom is 0.229 e. The molecule has 0 saturated carbocycles. The number of hydrogen-bond donors (Lipinski definition) is 7. The van der Waals surface area contributed by atoms with E-state index < -0.39 is 54.6 Å². The molecule has 0 radical (unpaired) electrons. The Kier molecular flexibility index (Phi) is 6.26. The van der Waals surface area contributed by atoms with Crippen molar-refractivity contribution in [2.24, 2.45) is 0 Å². The molecule has 9 heteroatoms. The fraction of sp³-hybridized carbons (Fsp3) is 0.300. The summed E-state index contributed by atoms with van der Waals surface area (Å²) in [5.74, 6) is -1.86. The number of phenolic OH excluding ortho intramolecular Hbond substituents is 1. The molecule has 1 aliphatic heterocycles. The zero-order valence-electron chi connectivity index (χ0n) is 15.2. The zero-order chi connectivity index (χ0) is 21.1. The van der Waals surface area contributed by atoms with Crippen LogP contribution in [0.5, 0.6) is 11.5 Å². The number of rotatable bonds is 5. The van der Waals surface area contributed by atoms with E-state index in [0.29, 0.717) is 5.56 Å². The minimum atomic E-state index is -1.71. The lowest BCUT2D eigenvalue weighted by Gasteiger charge is -2.39. The Labute approximate surface area is 165 Å². The van der Waals surface area contributed by atoms with E-state index in [2.05, 4.69) is 0 Å². The van der Waals surface area contributed by atoms with Gasteiger partial charge in [0, 0.05) is 5.56 Å². The summed E-state index contributed by atoms with van der Waals surface area (Å²) >= 11 is 0. The molecule has 0 aromatic heterocycles. The number of ether oxygens (including phenoxy) is 2. The van der Waals surface area contributed by atoms with E-state index >= 15 is 0 Å². The predicted octanol–water partition coefficient (Wildman–Crippen LogP) is 0.513. The lowest BCUT2D eigenvalue weighted by molar-refractivity contribution is -0.277. The van der Waals surface area contributed by atoms with Crippen LogP contribution in [-0.4, -0.2) is 73.1 Å². The van der Waals surface area contributed by atoms with Gasteiger partial charge in [-0.05, 0) is 12.1 Å². The van der Waals surface area contributed by atoms with E-state index in [1.807, 2.05) is 0 Å². The van der Waals surface area contributed by atoms with Crippen molar-refractivity contribution < 1.29 is 45.2 Å². The average molecular weight is 406 g/mol. The van der Waals surface area contributed by atoms with E-state index in [9.17, 15) is 35.7 Å². The summed E-state index contributed by atoms with van der Waals surface area (Å²) in [6.07, 6.45) is -7.76. The predicted molar refractivity (Wildman–Crippen MR) is 101 cm³/mol. The van der Waals surface area contributed by atoms with Crippen LogP contribution in [0.1, 0.15) is 11.1 Å². The number of benzene rings is 2. The number of phenols is 1. The van der Waals surface area contributed by atoms with Crippen molar-refractivity contribution in [2.45, 2.75) is 30.7 Å². The van der Waals surface area contributed by atoms with Crippen molar-refractivity contribution in [2.75, 3.05) is 6.61 Å². The topological polar surface area (TPSA) is 160 Å². The van der Waals surface area contributed by atoms with Crippen molar-refractivity contribution in [1.82, 2.24) is 0 Å². The second-order valence-corrected chi connectivity index (χ2v) is 6.53. The second-order valence-electron chi connectivity index (χ2n) is 6.53. The van der Waals surface area contributed by atoms with Gasteiger partial charge in [0.05, 0.1) is 12.2 Å². The quantitative estimate of drug-likeness (QED) is 0.277. The summed E-state index contributed by atoms with van der Waals surface area (Å²) in [6, 6.07) is 12.2. The van der Waals surface area contributed by atoms with Crippen LogP contribution < -0.4 is 4.74 Å².